The van der Waals surface area contributed by atoms with Crippen LogP contribution >= 0.6 is 0 Å². The van der Waals surface area contributed by atoms with Crippen LogP contribution in [0.4, 0.5) is 13.2 Å². The van der Waals surface area contributed by atoms with Gasteiger partial charge in [-0.25, -0.2) is 4.79 Å². The minimum Gasteiger partial charge on any atom is -0.493 e. The molecule has 1 amide bonds. The molecule has 0 atom stereocenters. The first-order valence-corrected chi connectivity index (χ1v) is 8.45. The van der Waals surface area contributed by atoms with Crippen LogP contribution in [-0.4, -0.2) is 44.7 Å². The number of ether oxygens (including phenoxy) is 3. The van der Waals surface area contributed by atoms with Gasteiger partial charge in [0.15, 0.2) is 18.1 Å². The molecule has 0 unspecified atom stereocenters. The normalized spacial score (nSPS) is 11.0. The Balaban J connectivity index is 2.09. The average Bonchev–Trinajstić information content (AvgIpc) is 2.70. The highest BCUT2D eigenvalue weighted by molar-refractivity contribution is 5.94. The van der Waals surface area contributed by atoms with Gasteiger partial charge in [-0.15, -0.1) is 0 Å². The molecule has 0 aliphatic heterocycles. The fourth-order valence-electron chi connectivity index (χ4n) is 2.48. The van der Waals surface area contributed by atoms with Crippen molar-refractivity contribution in [3.63, 3.8) is 0 Å². The van der Waals surface area contributed by atoms with E-state index in [-0.39, 0.29) is 30.6 Å². The largest absolute Gasteiger partial charge is 0.493 e. The minimum absolute atomic E-state index is 0.125. The molecule has 2 aromatic rings. The number of esters is 1. The molecule has 0 aliphatic carbocycles. The molecule has 0 aromatic heterocycles. The van der Waals surface area contributed by atoms with E-state index in [0.717, 1.165) is 12.1 Å². The van der Waals surface area contributed by atoms with Crippen LogP contribution in [0, 0.1) is 0 Å². The third-order valence-electron chi connectivity index (χ3n) is 4.03. The van der Waals surface area contributed by atoms with Gasteiger partial charge in [0, 0.05) is 19.2 Å². The molecule has 156 valence electrons. The number of alkyl halides is 3. The summed E-state index contributed by atoms with van der Waals surface area (Å²) in [4.78, 5) is 25.2. The monoisotopic (exact) mass is 411 g/mol. The third kappa shape index (κ3) is 5.87. The lowest BCUT2D eigenvalue weighted by atomic mass is 10.1. The summed E-state index contributed by atoms with van der Waals surface area (Å²) < 4.78 is 52.9. The standard InChI is InChI=1S/C20H20F3NO5/c1-24(11-13-4-7-15(8-5-13)20(21,22)23)19(26)14-6-9-16(17(10-14)27-2)29-12-18(25)28-3/h4-10H,11-12H2,1-3H3. The predicted molar refractivity (Wildman–Crippen MR) is 97.7 cm³/mol. The number of benzene rings is 2. The zero-order chi connectivity index (χ0) is 21.6. The Hall–Kier alpha value is -3.23. The van der Waals surface area contributed by atoms with Gasteiger partial charge in [-0.1, -0.05) is 12.1 Å². The van der Waals surface area contributed by atoms with E-state index in [0.29, 0.717) is 11.1 Å². The van der Waals surface area contributed by atoms with Crippen molar-refractivity contribution in [2.24, 2.45) is 0 Å². The number of hydrogen-bond acceptors (Lipinski definition) is 5. The lowest BCUT2D eigenvalue weighted by molar-refractivity contribution is -0.143. The molecule has 0 aliphatic rings. The Morgan fingerprint density at radius 2 is 1.66 bits per heavy atom. The molecule has 0 fully saturated rings. The first-order chi connectivity index (χ1) is 13.7. The molecule has 0 saturated heterocycles. The molecule has 0 bridgehead atoms. The van der Waals surface area contributed by atoms with Gasteiger partial charge in [0.1, 0.15) is 0 Å². The highest BCUT2D eigenvalue weighted by Gasteiger charge is 2.30. The van der Waals surface area contributed by atoms with Crippen LogP contribution in [0.3, 0.4) is 0 Å². The van der Waals surface area contributed by atoms with Crippen molar-refractivity contribution in [1.29, 1.82) is 0 Å². The topological polar surface area (TPSA) is 65.1 Å². The predicted octanol–water partition coefficient (Wildman–Crippen LogP) is 3.54. The summed E-state index contributed by atoms with van der Waals surface area (Å²) in [5, 5.41) is 0. The molecule has 0 spiro atoms. The van der Waals surface area contributed by atoms with Gasteiger partial charge in [0.25, 0.3) is 5.91 Å². The van der Waals surface area contributed by atoms with Crippen LogP contribution in [0.1, 0.15) is 21.5 Å². The Labute approximate surface area is 165 Å². The van der Waals surface area contributed by atoms with Gasteiger partial charge < -0.3 is 19.1 Å². The maximum Gasteiger partial charge on any atom is 0.416 e. The number of nitrogens with zero attached hydrogens (tertiary/aromatic N) is 1. The molecule has 6 nitrogen and oxygen atoms in total. The number of hydrogen-bond donors (Lipinski definition) is 0. The number of amides is 1. The summed E-state index contributed by atoms with van der Waals surface area (Å²) in [6.07, 6.45) is -4.41. The molecular weight excluding hydrogens is 391 g/mol. The van der Waals surface area contributed by atoms with E-state index >= 15 is 0 Å². The Bertz CT molecular complexity index is 865. The lowest BCUT2D eigenvalue weighted by Gasteiger charge is -2.19. The summed E-state index contributed by atoms with van der Waals surface area (Å²) in [5.41, 5.74) is 0.100. The number of methoxy groups -OCH3 is 2. The Morgan fingerprint density at radius 1 is 1.00 bits per heavy atom. The van der Waals surface area contributed by atoms with Crippen LogP contribution in [0.5, 0.6) is 11.5 Å². The molecule has 0 heterocycles. The number of carbonyl (C=O) groups is 2. The highest BCUT2D eigenvalue weighted by atomic mass is 19.4. The van der Waals surface area contributed by atoms with Gasteiger partial charge in [-0.3, -0.25) is 4.79 Å². The van der Waals surface area contributed by atoms with E-state index in [1.807, 2.05) is 0 Å². The van der Waals surface area contributed by atoms with Gasteiger partial charge in [-0.05, 0) is 35.9 Å². The van der Waals surface area contributed by atoms with Crippen LogP contribution in [0.15, 0.2) is 42.5 Å². The van der Waals surface area contributed by atoms with Gasteiger partial charge >= 0.3 is 12.1 Å². The number of rotatable bonds is 7. The van der Waals surface area contributed by atoms with Crippen molar-refractivity contribution in [2.75, 3.05) is 27.9 Å². The second kappa shape index (κ2) is 9.31. The molecule has 0 radical (unpaired) electrons. The van der Waals surface area contributed by atoms with Crippen LogP contribution in [-0.2, 0) is 22.3 Å². The number of halogens is 3. The zero-order valence-corrected chi connectivity index (χ0v) is 16.1. The Kier molecular flexibility index (Phi) is 7.08. The quantitative estimate of drug-likeness (QED) is 0.652. The lowest BCUT2D eigenvalue weighted by Crippen LogP contribution is -2.26. The maximum absolute atomic E-state index is 12.6. The second-order valence-electron chi connectivity index (χ2n) is 6.09. The van der Waals surface area contributed by atoms with Crippen LogP contribution in [0.25, 0.3) is 0 Å². The number of carbonyl (C=O) groups excluding carboxylic acids is 2. The third-order valence-corrected chi connectivity index (χ3v) is 4.03. The molecule has 2 rings (SSSR count). The molecule has 0 N–H and O–H groups in total. The van der Waals surface area contributed by atoms with Crippen molar-refractivity contribution in [2.45, 2.75) is 12.7 Å². The molecule has 29 heavy (non-hydrogen) atoms. The van der Waals surface area contributed by atoms with Crippen LogP contribution in [0.2, 0.25) is 0 Å². The van der Waals surface area contributed by atoms with Gasteiger partial charge in [-0.2, -0.15) is 13.2 Å². The van der Waals surface area contributed by atoms with E-state index in [4.69, 9.17) is 9.47 Å². The first kappa shape index (κ1) is 22.1. The summed E-state index contributed by atoms with van der Waals surface area (Å²) in [6, 6.07) is 9.06. The zero-order valence-electron chi connectivity index (χ0n) is 16.1. The van der Waals surface area contributed by atoms with E-state index in [2.05, 4.69) is 4.74 Å². The molecule has 0 saturated carbocycles. The maximum atomic E-state index is 12.6. The van der Waals surface area contributed by atoms with Gasteiger partial charge in [0.2, 0.25) is 0 Å². The van der Waals surface area contributed by atoms with Gasteiger partial charge in [0.05, 0.1) is 19.8 Å². The summed E-state index contributed by atoms with van der Waals surface area (Å²) >= 11 is 0. The first-order valence-electron chi connectivity index (χ1n) is 8.45. The van der Waals surface area contributed by atoms with Crippen molar-refractivity contribution in [1.82, 2.24) is 4.90 Å². The summed E-state index contributed by atoms with van der Waals surface area (Å²) in [6.45, 7) is -0.187. The second-order valence-corrected chi connectivity index (χ2v) is 6.09. The smallest absolute Gasteiger partial charge is 0.416 e. The summed E-state index contributed by atoms with van der Waals surface area (Å²) in [7, 11) is 4.16. The summed E-state index contributed by atoms with van der Waals surface area (Å²) in [5.74, 6) is -0.409. The van der Waals surface area contributed by atoms with Crippen molar-refractivity contribution >= 4 is 11.9 Å². The van der Waals surface area contributed by atoms with Crippen molar-refractivity contribution < 1.29 is 37.0 Å². The van der Waals surface area contributed by atoms with E-state index < -0.39 is 17.7 Å². The molecular formula is C20H20F3NO5. The SMILES string of the molecule is COC(=O)COc1ccc(C(=O)N(C)Cc2ccc(C(F)(F)F)cc2)cc1OC. The highest BCUT2D eigenvalue weighted by Crippen LogP contribution is 2.30. The average molecular weight is 411 g/mol. The fourth-order valence-corrected chi connectivity index (χ4v) is 2.48. The van der Waals surface area contributed by atoms with Crippen molar-refractivity contribution in [3.05, 3.63) is 59.2 Å². The van der Waals surface area contributed by atoms with E-state index in [9.17, 15) is 22.8 Å². The molecule has 9 heteroatoms. The van der Waals surface area contributed by atoms with Crippen molar-refractivity contribution in [3.8, 4) is 11.5 Å². The molecule has 2 aromatic carbocycles. The Morgan fingerprint density at radius 3 is 2.21 bits per heavy atom. The van der Waals surface area contributed by atoms with E-state index in [1.165, 1.54) is 56.5 Å². The van der Waals surface area contributed by atoms with E-state index in [1.54, 1.807) is 0 Å². The van der Waals surface area contributed by atoms with Crippen LogP contribution < -0.4 is 9.47 Å². The minimum atomic E-state index is -4.41. The fraction of sp³-hybridized carbons (Fsp3) is 0.300.